The Hall–Kier alpha value is -0.260. The van der Waals surface area contributed by atoms with E-state index < -0.39 is 0 Å². The van der Waals surface area contributed by atoms with Gasteiger partial charge >= 0.3 is 0 Å². The molecular formula is C18H34. The first-order valence-electron chi connectivity index (χ1n) is 8.56. The monoisotopic (exact) mass is 250 g/mol. The lowest BCUT2D eigenvalue weighted by molar-refractivity contribution is 0.156. The fourth-order valence-corrected chi connectivity index (χ4v) is 3.96. The summed E-state index contributed by atoms with van der Waals surface area (Å²) in [6.45, 7) is 6.37. The summed E-state index contributed by atoms with van der Waals surface area (Å²) in [4.78, 5) is 0. The van der Waals surface area contributed by atoms with Crippen LogP contribution in [0.15, 0.2) is 12.2 Å². The third kappa shape index (κ3) is 4.78. The van der Waals surface area contributed by atoms with Crippen LogP contribution in [0.3, 0.4) is 0 Å². The van der Waals surface area contributed by atoms with Crippen molar-refractivity contribution in [1.82, 2.24) is 0 Å². The molecule has 0 nitrogen and oxygen atoms in total. The van der Waals surface area contributed by atoms with Crippen LogP contribution in [0, 0.1) is 17.8 Å². The zero-order chi connectivity index (χ0) is 13.2. The number of hydrogen-bond donors (Lipinski definition) is 0. The number of rotatable bonds is 4. The number of hydrogen-bond acceptors (Lipinski definition) is 0. The lowest BCUT2D eigenvalue weighted by Gasteiger charge is -2.36. The second-order valence-corrected chi connectivity index (χ2v) is 5.90. The van der Waals surface area contributed by atoms with Gasteiger partial charge in [0, 0.05) is 0 Å². The van der Waals surface area contributed by atoms with Crippen molar-refractivity contribution < 1.29 is 0 Å². The largest absolute Gasteiger partial charge is 0.0885 e. The van der Waals surface area contributed by atoms with Crippen LogP contribution in [0.25, 0.3) is 0 Å². The summed E-state index contributed by atoms with van der Waals surface area (Å²) in [5, 5.41) is 0. The van der Waals surface area contributed by atoms with E-state index in [1.165, 1.54) is 64.2 Å². The molecule has 0 amide bonds. The highest BCUT2D eigenvalue weighted by Crippen LogP contribution is 2.40. The second-order valence-electron chi connectivity index (χ2n) is 5.90. The average molecular weight is 250 g/mol. The normalized spacial score (nSPS) is 26.3. The quantitative estimate of drug-likeness (QED) is 0.509. The summed E-state index contributed by atoms with van der Waals surface area (Å²) >= 11 is 0. The molecule has 2 atom stereocenters. The smallest absolute Gasteiger partial charge is 0.0319 e. The lowest BCUT2D eigenvalue weighted by Crippen LogP contribution is -2.26. The zero-order valence-electron chi connectivity index (χ0n) is 13.0. The van der Waals surface area contributed by atoms with Gasteiger partial charge in [0.05, 0.1) is 0 Å². The molecule has 106 valence electrons. The molecule has 0 aliphatic heterocycles. The Morgan fingerprint density at radius 2 is 1.67 bits per heavy atom. The van der Waals surface area contributed by atoms with Crippen LogP contribution >= 0.6 is 0 Å². The zero-order valence-corrected chi connectivity index (χ0v) is 13.0. The van der Waals surface area contributed by atoms with Crippen molar-refractivity contribution in [3.8, 4) is 0 Å². The fraction of sp³-hybridized carbons (Fsp3) is 0.889. The van der Waals surface area contributed by atoms with Crippen molar-refractivity contribution in [3.63, 3.8) is 0 Å². The maximum atomic E-state index is 2.44. The second kappa shape index (κ2) is 9.64. The Balaban J connectivity index is 0.000000771. The molecule has 0 bridgehead atoms. The summed E-state index contributed by atoms with van der Waals surface area (Å²) in [7, 11) is 0. The van der Waals surface area contributed by atoms with Gasteiger partial charge in [-0.25, -0.2) is 0 Å². The molecule has 0 spiro atoms. The Labute approximate surface area is 115 Å². The van der Waals surface area contributed by atoms with E-state index >= 15 is 0 Å². The molecule has 1 fully saturated rings. The van der Waals surface area contributed by atoms with Crippen LogP contribution in [0.4, 0.5) is 0 Å². The van der Waals surface area contributed by atoms with Gasteiger partial charge in [-0.2, -0.15) is 0 Å². The van der Waals surface area contributed by atoms with Gasteiger partial charge in [-0.15, -0.1) is 0 Å². The van der Waals surface area contributed by atoms with Crippen molar-refractivity contribution >= 4 is 0 Å². The molecule has 2 aliphatic rings. The summed E-state index contributed by atoms with van der Waals surface area (Å²) < 4.78 is 0. The van der Waals surface area contributed by atoms with Gasteiger partial charge in [-0.05, 0) is 37.0 Å². The minimum atomic E-state index is 1.02. The van der Waals surface area contributed by atoms with Gasteiger partial charge in [-0.3, -0.25) is 0 Å². The fourth-order valence-electron chi connectivity index (χ4n) is 3.96. The molecule has 2 rings (SSSR count). The van der Waals surface area contributed by atoms with Gasteiger partial charge in [0.1, 0.15) is 0 Å². The minimum Gasteiger partial charge on any atom is -0.0885 e. The van der Waals surface area contributed by atoms with Crippen LogP contribution in [-0.4, -0.2) is 0 Å². The average Bonchev–Trinajstić information content (AvgIpc) is 2.49. The summed E-state index contributed by atoms with van der Waals surface area (Å²) in [5.74, 6) is 3.15. The maximum Gasteiger partial charge on any atom is -0.0319 e. The Bertz CT molecular complexity index is 210. The van der Waals surface area contributed by atoms with E-state index in [1.807, 2.05) is 13.8 Å². The van der Waals surface area contributed by atoms with Crippen molar-refractivity contribution in [1.29, 1.82) is 0 Å². The molecule has 0 aromatic rings. The van der Waals surface area contributed by atoms with E-state index in [0.717, 1.165) is 17.8 Å². The maximum absolute atomic E-state index is 2.44. The Morgan fingerprint density at radius 1 is 0.944 bits per heavy atom. The molecule has 18 heavy (non-hydrogen) atoms. The molecule has 1 unspecified atom stereocenters. The summed E-state index contributed by atoms with van der Waals surface area (Å²) in [6.07, 6.45) is 19.5. The molecule has 2 aliphatic carbocycles. The molecule has 1 saturated carbocycles. The van der Waals surface area contributed by atoms with E-state index in [9.17, 15) is 0 Å². The van der Waals surface area contributed by atoms with Crippen molar-refractivity contribution in [2.75, 3.05) is 0 Å². The van der Waals surface area contributed by atoms with Crippen LogP contribution < -0.4 is 0 Å². The summed E-state index contributed by atoms with van der Waals surface area (Å²) in [6, 6.07) is 0. The van der Waals surface area contributed by atoms with Crippen LogP contribution in [0.5, 0.6) is 0 Å². The van der Waals surface area contributed by atoms with E-state index in [-0.39, 0.29) is 0 Å². The third-order valence-electron chi connectivity index (χ3n) is 4.79. The third-order valence-corrected chi connectivity index (χ3v) is 4.79. The van der Waals surface area contributed by atoms with Crippen molar-refractivity contribution in [3.05, 3.63) is 12.2 Å². The van der Waals surface area contributed by atoms with Gasteiger partial charge in [0.2, 0.25) is 0 Å². The van der Waals surface area contributed by atoms with Crippen molar-refractivity contribution in [2.24, 2.45) is 17.8 Å². The highest BCUT2D eigenvalue weighted by atomic mass is 14.3. The summed E-state index contributed by atoms with van der Waals surface area (Å²) in [5.41, 5.74) is 0. The predicted octanol–water partition coefficient (Wildman–Crippen LogP) is 6.37. The first-order chi connectivity index (χ1) is 8.92. The first-order valence-corrected chi connectivity index (χ1v) is 8.56. The SMILES string of the molecule is CC.CCC[C@H](C1CC=CCC1)C1CCCCC1. The van der Waals surface area contributed by atoms with Crippen LogP contribution in [0.1, 0.15) is 85.0 Å². The highest BCUT2D eigenvalue weighted by Gasteiger charge is 2.29. The molecule has 0 aromatic carbocycles. The molecule has 0 heteroatoms. The van der Waals surface area contributed by atoms with Gasteiger partial charge < -0.3 is 0 Å². The van der Waals surface area contributed by atoms with Crippen molar-refractivity contribution in [2.45, 2.75) is 85.0 Å². The molecule has 0 radical (unpaired) electrons. The van der Waals surface area contributed by atoms with Gasteiger partial charge in [0.25, 0.3) is 0 Å². The molecule has 0 aromatic heterocycles. The van der Waals surface area contributed by atoms with E-state index in [2.05, 4.69) is 19.1 Å². The lowest BCUT2D eigenvalue weighted by atomic mass is 9.69. The molecule has 0 N–H and O–H groups in total. The molecule has 0 heterocycles. The topological polar surface area (TPSA) is 0 Å². The number of allylic oxidation sites excluding steroid dienone is 2. The van der Waals surface area contributed by atoms with Crippen LogP contribution in [0.2, 0.25) is 0 Å². The van der Waals surface area contributed by atoms with E-state index in [4.69, 9.17) is 0 Å². The highest BCUT2D eigenvalue weighted by molar-refractivity contribution is 4.93. The molecule has 0 saturated heterocycles. The van der Waals surface area contributed by atoms with Crippen LogP contribution in [-0.2, 0) is 0 Å². The Kier molecular flexibility index (Phi) is 8.46. The van der Waals surface area contributed by atoms with E-state index in [0.29, 0.717) is 0 Å². The van der Waals surface area contributed by atoms with Gasteiger partial charge in [0.15, 0.2) is 0 Å². The van der Waals surface area contributed by atoms with Gasteiger partial charge in [-0.1, -0.05) is 77.9 Å². The first kappa shape index (κ1) is 15.8. The van der Waals surface area contributed by atoms with E-state index in [1.54, 1.807) is 0 Å². The minimum absolute atomic E-state index is 1.02. The predicted molar refractivity (Wildman–Crippen MR) is 82.8 cm³/mol. The Morgan fingerprint density at radius 3 is 2.22 bits per heavy atom. The molecular weight excluding hydrogens is 216 g/mol. The standard InChI is InChI=1S/C16H28.C2H6/c1-2-9-16(14-10-5-3-6-11-14)15-12-7-4-8-13-15;1-2/h3,5,14-16H,2,4,6-13H2,1H3;1-2H3/t14?,16-;/m1./s1.